The fourth-order valence-corrected chi connectivity index (χ4v) is 2.27. The molecule has 17 heavy (non-hydrogen) atoms. The van der Waals surface area contributed by atoms with E-state index in [0.29, 0.717) is 12.2 Å². The molecule has 1 saturated heterocycles. The second kappa shape index (κ2) is 6.74. The number of nitrogens with zero attached hydrogens (tertiary/aromatic N) is 2. The molecule has 4 nitrogen and oxygen atoms in total. The Kier molecular flexibility index (Phi) is 5.62. The molecule has 1 aliphatic heterocycles. The van der Waals surface area contributed by atoms with Gasteiger partial charge in [-0.25, -0.2) is 0 Å². The summed E-state index contributed by atoms with van der Waals surface area (Å²) in [5.74, 6) is 0.706. The molecular formula is C13H24N2O2. The van der Waals surface area contributed by atoms with Gasteiger partial charge in [-0.3, -0.25) is 9.59 Å². The first-order valence-electron chi connectivity index (χ1n) is 6.43. The number of Topliss-reactive ketones (excluding diaryl/α,β-unsaturated/α-hetero) is 1. The molecule has 0 saturated carbocycles. The van der Waals surface area contributed by atoms with Crippen LogP contribution in [0, 0.1) is 5.92 Å². The zero-order chi connectivity index (χ0) is 12.8. The molecule has 0 aliphatic carbocycles. The van der Waals surface area contributed by atoms with Crippen LogP contribution in [0.5, 0.6) is 0 Å². The van der Waals surface area contributed by atoms with Gasteiger partial charge in [-0.2, -0.15) is 0 Å². The zero-order valence-corrected chi connectivity index (χ0v) is 11.2. The van der Waals surface area contributed by atoms with Gasteiger partial charge in [-0.15, -0.1) is 0 Å². The first-order chi connectivity index (χ1) is 8.00. The molecule has 98 valence electrons. The van der Waals surface area contributed by atoms with Crippen LogP contribution in [0.15, 0.2) is 0 Å². The minimum absolute atomic E-state index is 0.185. The SMILES string of the molecule is CC(=O)C1CCCN(CCCC(=O)N(C)C)C1. The van der Waals surface area contributed by atoms with Gasteiger partial charge in [0.2, 0.25) is 5.91 Å². The molecule has 0 aromatic rings. The Bertz CT molecular complexity index is 277. The van der Waals surface area contributed by atoms with E-state index in [4.69, 9.17) is 0 Å². The van der Waals surface area contributed by atoms with Crippen LogP contribution < -0.4 is 0 Å². The van der Waals surface area contributed by atoms with E-state index in [1.807, 2.05) is 0 Å². The van der Waals surface area contributed by atoms with Gasteiger partial charge in [-0.1, -0.05) is 0 Å². The Morgan fingerprint density at radius 1 is 1.35 bits per heavy atom. The number of hydrogen-bond donors (Lipinski definition) is 0. The van der Waals surface area contributed by atoms with Crippen LogP contribution in [0.3, 0.4) is 0 Å². The number of carbonyl (C=O) groups excluding carboxylic acids is 2. The molecule has 4 heteroatoms. The highest BCUT2D eigenvalue weighted by molar-refractivity contribution is 5.78. The number of likely N-dealkylation sites (tertiary alicyclic amines) is 1. The molecule has 1 amide bonds. The molecule has 0 bridgehead atoms. The summed E-state index contributed by atoms with van der Waals surface area (Å²) in [5.41, 5.74) is 0. The summed E-state index contributed by atoms with van der Waals surface area (Å²) in [4.78, 5) is 26.7. The molecule has 1 unspecified atom stereocenters. The van der Waals surface area contributed by atoms with E-state index in [9.17, 15) is 9.59 Å². The van der Waals surface area contributed by atoms with E-state index in [2.05, 4.69) is 4.90 Å². The third kappa shape index (κ3) is 4.86. The Labute approximate surface area is 104 Å². The summed E-state index contributed by atoms with van der Waals surface area (Å²) in [5, 5.41) is 0. The van der Waals surface area contributed by atoms with Gasteiger partial charge in [0.25, 0.3) is 0 Å². The summed E-state index contributed by atoms with van der Waals surface area (Å²) < 4.78 is 0. The molecule has 1 rings (SSSR count). The number of carbonyl (C=O) groups is 2. The number of rotatable bonds is 5. The summed E-state index contributed by atoms with van der Waals surface area (Å²) in [6.45, 7) is 4.57. The van der Waals surface area contributed by atoms with Crippen LogP contribution in [0.1, 0.15) is 32.6 Å². The fourth-order valence-electron chi connectivity index (χ4n) is 2.27. The smallest absolute Gasteiger partial charge is 0.222 e. The lowest BCUT2D eigenvalue weighted by atomic mass is 9.94. The first kappa shape index (κ1) is 14.2. The van der Waals surface area contributed by atoms with Crippen molar-refractivity contribution in [2.75, 3.05) is 33.7 Å². The van der Waals surface area contributed by atoms with Gasteiger partial charge in [-0.05, 0) is 39.3 Å². The van der Waals surface area contributed by atoms with Crippen LogP contribution in [-0.4, -0.2) is 55.2 Å². The Morgan fingerprint density at radius 2 is 2.06 bits per heavy atom. The number of amides is 1. The fraction of sp³-hybridized carbons (Fsp3) is 0.846. The van der Waals surface area contributed by atoms with E-state index in [0.717, 1.165) is 38.9 Å². The molecule has 0 radical (unpaired) electrons. The van der Waals surface area contributed by atoms with Crippen molar-refractivity contribution < 1.29 is 9.59 Å². The van der Waals surface area contributed by atoms with Crippen molar-refractivity contribution in [2.24, 2.45) is 5.92 Å². The highest BCUT2D eigenvalue weighted by Gasteiger charge is 2.22. The van der Waals surface area contributed by atoms with Crippen molar-refractivity contribution >= 4 is 11.7 Å². The summed E-state index contributed by atoms with van der Waals surface area (Å²) in [6.07, 6.45) is 3.63. The van der Waals surface area contributed by atoms with E-state index in [1.54, 1.807) is 25.9 Å². The summed E-state index contributed by atoms with van der Waals surface area (Å²) in [7, 11) is 3.57. The third-order valence-electron chi connectivity index (χ3n) is 3.44. The van der Waals surface area contributed by atoms with Gasteiger partial charge >= 0.3 is 0 Å². The topological polar surface area (TPSA) is 40.6 Å². The van der Waals surface area contributed by atoms with Crippen molar-refractivity contribution in [1.29, 1.82) is 0 Å². The zero-order valence-electron chi connectivity index (χ0n) is 11.2. The number of piperidine rings is 1. The van der Waals surface area contributed by atoms with Crippen LogP contribution in [-0.2, 0) is 9.59 Å². The molecular weight excluding hydrogens is 216 g/mol. The predicted molar refractivity (Wildman–Crippen MR) is 67.8 cm³/mol. The highest BCUT2D eigenvalue weighted by atomic mass is 16.2. The number of ketones is 1. The maximum Gasteiger partial charge on any atom is 0.222 e. The van der Waals surface area contributed by atoms with Crippen LogP contribution in [0.2, 0.25) is 0 Å². The minimum Gasteiger partial charge on any atom is -0.349 e. The normalized spacial score (nSPS) is 21.2. The lowest BCUT2D eigenvalue weighted by Crippen LogP contribution is -2.38. The number of hydrogen-bond acceptors (Lipinski definition) is 3. The standard InChI is InChI=1S/C13H24N2O2/c1-11(16)12-6-4-8-15(10-12)9-5-7-13(17)14(2)3/h12H,4-10H2,1-3H3. The Hall–Kier alpha value is -0.900. The molecule has 1 atom stereocenters. The van der Waals surface area contributed by atoms with Gasteiger partial charge in [0, 0.05) is 33.0 Å². The first-order valence-corrected chi connectivity index (χ1v) is 6.43. The van der Waals surface area contributed by atoms with Gasteiger partial charge in [0.15, 0.2) is 0 Å². The van der Waals surface area contributed by atoms with Crippen LogP contribution in [0.25, 0.3) is 0 Å². The van der Waals surface area contributed by atoms with E-state index in [1.165, 1.54) is 0 Å². The Balaban J connectivity index is 2.23. The van der Waals surface area contributed by atoms with E-state index in [-0.39, 0.29) is 11.8 Å². The largest absolute Gasteiger partial charge is 0.349 e. The van der Waals surface area contributed by atoms with Gasteiger partial charge in [0.05, 0.1) is 0 Å². The van der Waals surface area contributed by atoms with Crippen molar-refractivity contribution in [3.63, 3.8) is 0 Å². The lowest BCUT2D eigenvalue weighted by Gasteiger charge is -2.31. The average Bonchev–Trinajstić information content (AvgIpc) is 2.29. The molecule has 1 aliphatic rings. The molecule has 0 spiro atoms. The van der Waals surface area contributed by atoms with Crippen molar-refractivity contribution in [3.05, 3.63) is 0 Å². The molecule has 1 fully saturated rings. The van der Waals surface area contributed by atoms with Crippen LogP contribution in [0.4, 0.5) is 0 Å². The van der Waals surface area contributed by atoms with Gasteiger partial charge < -0.3 is 9.80 Å². The second-order valence-electron chi connectivity index (χ2n) is 5.14. The maximum absolute atomic E-state index is 11.4. The molecule has 0 N–H and O–H groups in total. The average molecular weight is 240 g/mol. The predicted octanol–water partition coefficient (Wildman–Crippen LogP) is 1.16. The lowest BCUT2D eigenvalue weighted by molar-refractivity contribution is -0.129. The Morgan fingerprint density at radius 3 is 2.65 bits per heavy atom. The van der Waals surface area contributed by atoms with E-state index < -0.39 is 0 Å². The molecule has 0 aromatic carbocycles. The summed E-state index contributed by atoms with van der Waals surface area (Å²) >= 11 is 0. The maximum atomic E-state index is 11.4. The van der Waals surface area contributed by atoms with E-state index >= 15 is 0 Å². The third-order valence-corrected chi connectivity index (χ3v) is 3.44. The minimum atomic E-state index is 0.185. The van der Waals surface area contributed by atoms with Gasteiger partial charge in [0.1, 0.15) is 5.78 Å². The van der Waals surface area contributed by atoms with Crippen molar-refractivity contribution in [3.8, 4) is 0 Å². The molecule has 0 aromatic heterocycles. The monoisotopic (exact) mass is 240 g/mol. The molecule has 1 heterocycles. The van der Waals surface area contributed by atoms with Crippen molar-refractivity contribution in [1.82, 2.24) is 9.80 Å². The quantitative estimate of drug-likeness (QED) is 0.724. The second-order valence-corrected chi connectivity index (χ2v) is 5.14. The van der Waals surface area contributed by atoms with Crippen molar-refractivity contribution in [2.45, 2.75) is 32.6 Å². The highest BCUT2D eigenvalue weighted by Crippen LogP contribution is 2.17. The van der Waals surface area contributed by atoms with Crippen LogP contribution >= 0.6 is 0 Å². The summed E-state index contributed by atoms with van der Waals surface area (Å²) in [6, 6.07) is 0.